The lowest BCUT2D eigenvalue weighted by atomic mass is 9.99. The summed E-state index contributed by atoms with van der Waals surface area (Å²) in [6.45, 7) is 6.78. The number of nitrogens with zero attached hydrogens (tertiary/aromatic N) is 6. The second-order valence-electron chi connectivity index (χ2n) is 6.89. The highest BCUT2D eigenvalue weighted by Crippen LogP contribution is 2.21. The summed E-state index contributed by atoms with van der Waals surface area (Å²) in [6.07, 6.45) is 8.25. The van der Waals surface area contributed by atoms with Crippen molar-refractivity contribution in [2.24, 2.45) is 5.92 Å². The molecular formula is C17H24N6O. The average Bonchev–Trinajstić information content (AvgIpc) is 3.20. The Morgan fingerprint density at radius 2 is 2.04 bits per heavy atom. The molecule has 0 spiro atoms. The highest BCUT2D eigenvalue weighted by Gasteiger charge is 2.24. The Labute approximate surface area is 142 Å². The highest BCUT2D eigenvalue weighted by molar-refractivity contribution is 5.04. The van der Waals surface area contributed by atoms with Crippen molar-refractivity contribution in [1.82, 2.24) is 29.6 Å². The van der Waals surface area contributed by atoms with E-state index in [1.165, 1.54) is 19.3 Å². The lowest BCUT2D eigenvalue weighted by Crippen LogP contribution is -2.38. The average molecular weight is 328 g/mol. The molecular weight excluding hydrogens is 304 g/mol. The minimum atomic E-state index is 0.480. The third-order valence-electron chi connectivity index (χ3n) is 4.86. The van der Waals surface area contributed by atoms with Crippen LogP contribution in [0.2, 0.25) is 0 Å². The van der Waals surface area contributed by atoms with Gasteiger partial charge in [-0.1, -0.05) is 0 Å². The number of rotatable bonds is 5. The summed E-state index contributed by atoms with van der Waals surface area (Å²) in [5, 5.41) is 8.69. The van der Waals surface area contributed by atoms with Gasteiger partial charge in [-0.3, -0.25) is 4.90 Å². The second kappa shape index (κ2) is 6.84. The van der Waals surface area contributed by atoms with Crippen LogP contribution in [0.3, 0.4) is 0 Å². The molecule has 0 radical (unpaired) electrons. The number of hydrogen-bond acceptors (Lipinski definition) is 6. The number of aromatic nitrogens is 5. The maximum atomic E-state index is 5.78. The molecule has 1 saturated heterocycles. The summed E-state index contributed by atoms with van der Waals surface area (Å²) in [7, 11) is 0. The van der Waals surface area contributed by atoms with E-state index in [2.05, 4.69) is 29.6 Å². The van der Waals surface area contributed by atoms with E-state index in [1.807, 2.05) is 6.92 Å². The van der Waals surface area contributed by atoms with Crippen molar-refractivity contribution in [2.45, 2.75) is 45.7 Å². The summed E-state index contributed by atoms with van der Waals surface area (Å²) < 4.78 is 8.07. The van der Waals surface area contributed by atoms with Crippen LogP contribution in [0.1, 0.15) is 36.5 Å². The molecule has 4 heterocycles. The topological polar surface area (TPSA) is 69.0 Å². The van der Waals surface area contributed by atoms with Crippen LogP contribution in [-0.4, -0.2) is 49.3 Å². The fourth-order valence-corrected chi connectivity index (χ4v) is 3.61. The quantitative estimate of drug-likeness (QED) is 0.831. The van der Waals surface area contributed by atoms with Crippen molar-refractivity contribution in [3.63, 3.8) is 0 Å². The third kappa shape index (κ3) is 3.40. The van der Waals surface area contributed by atoms with Gasteiger partial charge in [-0.05, 0) is 38.3 Å². The van der Waals surface area contributed by atoms with Gasteiger partial charge in [0, 0.05) is 37.8 Å². The zero-order chi connectivity index (χ0) is 16.4. The largest absolute Gasteiger partial charge is 0.463 e. The molecule has 128 valence electrons. The van der Waals surface area contributed by atoms with Crippen LogP contribution in [0.5, 0.6) is 6.01 Å². The summed E-state index contributed by atoms with van der Waals surface area (Å²) in [5.74, 6) is 2.79. The van der Waals surface area contributed by atoms with Gasteiger partial charge in [0.05, 0.1) is 13.2 Å². The summed E-state index contributed by atoms with van der Waals surface area (Å²) in [4.78, 5) is 10.9. The normalized spacial score (nSPS) is 21.0. The molecule has 2 aliphatic heterocycles. The Balaban J connectivity index is 1.31. The van der Waals surface area contributed by atoms with Crippen LogP contribution in [-0.2, 0) is 19.5 Å². The minimum absolute atomic E-state index is 0.480. The van der Waals surface area contributed by atoms with E-state index >= 15 is 0 Å². The van der Waals surface area contributed by atoms with Crippen LogP contribution in [0.4, 0.5) is 0 Å². The molecule has 0 amide bonds. The third-order valence-corrected chi connectivity index (χ3v) is 4.86. The fourth-order valence-electron chi connectivity index (χ4n) is 3.61. The van der Waals surface area contributed by atoms with E-state index in [0.29, 0.717) is 18.5 Å². The molecule has 2 aliphatic rings. The van der Waals surface area contributed by atoms with Gasteiger partial charge in [0.25, 0.3) is 0 Å². The van der Waals surface area contributed by atoms with Crippen molar-refractivity contribution in [3.05, 3.63) is 29.6 Å². The van der Waals surface area contributed by atoms with Gasteiger partial charge in [-0.15, -0.1) is 10.2 Å². The lowest BCUT2D eigenvalue weighted by molar-refractivity contribution is 0.117. The van der Waals surface area contributed by atoms with Crippen LogP contribution < -0.4 is 4.74 Å². The first kappa shape index (κ1) is 15.5. The minimum Gasteiger partial charge on any atom is -0.463 e. The van der Waals surface area contributed by atoms with Crippen molar-refractivity contribution in [1.29, 1.82) is 0 Å². The summed E-state index contributed by atoms with van der Waals surface area (Å²) >= 11 is 0. The zero-order valence-corrected chi connectivity index (χ0v) is 14.2. The Hall–Kier alpha value is -2.02. The van der Waals surface area contributed by atoms with Crippen molar-refractivity contribution in [3.8, 4) is 6.01 Å². The monoisotopic (exact) mass is 328 g/mol. The van der Waals surface area contributed by atoms with Crippen molar-refractivity contribution < 1.29 is 4.74 Å². The van der Waals surface area contributed by atoms with Gasteiger partial charge < -0.3 is 9.30 Å². The van der Waals surface area contributed by atoms with Gasteiger partial charge in [-0.2, -0.15) is 0 Å². The summed E-state index contributed by atoms with van der Waals surface area (Å²) in [6, 6.07) is 0.480. The van der Waals surface area contributed by atoms with E-state index in [0.717, 1.165) is 49.8 Å². The van der Waals surface area contributed by atoms with Crippen molar-refractivity contribution in [2.75, 3.05) is 19.7 Å². The Morgan fingerprint density at radius 1 is 1.17 bits per heavy atom. The molecule has 0 bridgehead atoms. The van der Waals surface area contributed by atoms with Gasteiger partial charge in [0.15, 0.2) is 0 Å². The molecule has 0 N–H and O–H groups in total. The maximum absolute atomic E-state index is 5.78. The van der Waals surface area contributed by atoms with Gasteiger partial charge >= 0.3 is 6.01 Å². The number of hydrogen-bond donors (Lipinski definition) is 0. The first-order chi connectivity index (χ1) is 11.8. The van der Waals surface area contributed by atoms with Gasteiger partial charge in [0.1, 0.15) is 11.6 Å². The molecule has 1 fully saturated rings. The number of likely N-dealkylation sites (tertiary alicyclic amines) is 1. The van der Waals surface area contributed by atoms with Crippen LogP contribution in [0, 0.1) is 12.8 Å². The number of aryl methyl sites for hydroxylation is 2. The van der Waals surface area contributed by atoms with E-state index in [1.54, 1.807) is 12.4 Å². The molecule has 0 aliphatic carbocycles. The molecule has 1 unspecified atom stereocenters. The van der Waals surface area contributed by atoms with Crippen LogP contribution in [0.15, 0.2) is 12.4 Å². The first-order valence-electron chi connectivity index (χ1n) is 8.82. The Kier molecular flexibility index (Phi) is 4.42. The van der Waals surface area contributed by atoms with Crippen LogP contribution in [0.25, 0.3) is 0 Å². The maximum Gasteiger partial charge on any atom is 0.316 e. The molecule has 24 heavy (non-hydrogen) atoms. The molecule has 1 atom stereocenters. The SMILES string of the molecule is Cc1cnc(OCC2CCCN(Cc3nnc4n3CCC4)C2)nc1. The molecule has 7 heteroatoms. The zero-order valence-electron chi connectivity index (χ0n) is 14.2. The smallest absolute Gasteiger partial charge is 0.316 e. The highest BCUT2D eigenvalue weighted by atomic mass is 16.5. The summed E-state index contributed by atoms with van der Waals surface area (Å²) in [5.41, 5.74) is 1.05. The standard InChI is InChI=1S/C17H24N6O/c1-13-8-18-17(19-9-13)24-12-14-4-2-6-22(10-14)11-16-21-20-15-5-3-7-23(15)16/h8-9,14H,2-7,10-12H2,1H3. The lowest BCUT2D eigenvalue weighted by Gasteiger charge is -2.32. The molecule has 0 aromatic carbocycles. The number of ether oxygens (including phenoxy) is 1. The number of piperidine rings is 1. The predicted octanol–water partition coefficient (Wildman–Crippen LogP) is 1.61. The fraction of sp³-hybridized carbons (Fsp3) is 0.647. The van der Waals surface area contributed by atoms with Crippen molar-refractivity contribution >= 4 is 0 Å². The van der Waals surface area contributed by atoms with E-state index in [-0.39, 0.29) is 0 Å². The van der Waals surface area contributed by atoms with Gasteiger partial charge in [0.2, 0.25) is 0 Å². The Morgan fingerprint density at radius 3 is 2.92 bits per heavy atom. The molecule has 0 saturated carbocycles. The number of fused-ring (bicyclic) bond motifs is 1. The second-order valence-corrected chi connectivity index (χ2v) is 6.89. The predicted molar refractivity (Wildman–Crippen MR) is 88.6 cm³/mol. The van der Waals surface area contributed by atoms with E-state index < -0.39 is 0 Å². The van der Waals surface area contributed by atoms with Crippen LogP contribution >= 0.6 is 0 Å². The van der Waals surface area contributed by atoms with E-state index in [9.17, 15) is 0 Å². The van der Waals surface area contributed by atoms with E-state index in [4.69, 9.17) is 4.74 Å². The Bertz CT molecular complexity index is 683. The van der Waals surface area contributed by atoms with Gasteiger partial charge in [-0.25, -0.2) is 9.97 Å². The first-order valence-corrected chi connectivity index (χ1v) is 8.82. The molecule has 2 aromatic heterocycles. The molecule has 4 rings (SSSR count). The molecule has 7 nitrogen and oxygen atoms in total. The molecule has 2 aromatic rings.